The summed E-state index contributed by atoms with van der Waals surface area (Å²) in [6, 6.07) is 11.6. The fraction of sp³-hybridized carbons (Fsp3) is 0.158. The van der Waals surface area contributed by atoms with Crippen molar-refractivity contribution in [1.29, 1.82) is 0 Å². The van der Waals surface area contributed by atoms with Crippen LogP contribution in [0.2, 0.25) is 0 Å². The molecule has 0 atom stereocenters. The summed E-state index contributed by atoms with van der Waals surface area (Å²) in [6.45, 7) is 4.68. The topological polar surface area (TPSA) is 51.2 Å². The van der Waals surface area contributed by atoms with E-state index in [9.17, 15) is 4.79 Å². The Morgan fingerprint density at radius 3 is 3.00 bits per heavy atom. The van der Waals surface area contributed by atoms with Gasteiger partial charge in [-0.2, -0.15) is 0 Å². The summed E-state index contributed by atoms with van der Waals surface area (Å²) in [6.07, 6.45) is 9.12. The van der Waals surface area contributed by atoms with E-state index in [1.807, 2.05) is 36.4 Å². The van der Waals surface area contributed by atoms with Gasteiger partial charge in [0.05, 0.1) is 0 Å². The van der Waals surface area contributed by atoms with Crippen molar-refractivity contribution < 1.29 is 9.53 Å². The smallest absolute Gasteiger partial charge is 0.244 e. The summed E-state index contributed by atoms with van der Waals surface area (Å²) in [4.78, 5) is 15.8. The predicted octanol–water partition coefficient (Wildman–Crippen LogP) is 3.02. The Morgan fingerprint density at radius 1 is 1.30 bits per heavy atom. The molecule has 0 bridgehead atoms. The number of benzene rings is 1. The summed E-state index contributed by atoms with van der Waals surface area (Å²) in [7, 11) is 0. The molecule has 1 heterocycles. The van der Waals surface area contributed by atoms with Crippen molar-refractivity contribution in [2.45, 2.75) is 6.42 Å². The monoisotopic (exact) mass is 308 g/mol. The van der Waals surface area contributed by atoms with Crippen LogP contribution in [-0.2, 0) is 11.2 Å². The summed E-state index contributed by atoms with van der Waals surface area (Å²) in [5, 5.41) is 2.86. The van der Waals surface area contributed by atoms with Crippen molar-refractivity contribution in [2.24, 2.45) is 0 Å². The van der Waals surface area contributed by atoms with E-state index >= 15 is 0 Å². The van der Waals surface area contributed by atoms with Crippen molar-refractivity contribution in [3.8, 4) is 5.75 Å². The van der Waals surface area contributed by atoms with E-state index in [0.29, 0.717) is 13.2 Å². The summed E-state index contributed by atoms with van der Waals surface area (Å²) in [5.41, 5.74) is 2.01. The van der Waals surface area contributed by atoms with E-state index in [1.54, 1.807) is 24.5 Å². The largest absolute Gasteiger partial charge is 0.490 e. The van der Waals surface area contributed by atoms with Crippen LogP contribution < -0.4 is 10.1 Å². The van der Waals surface area contributed by atoms with Gasteiger partial charge < -0.3 is 10.1 Å². The molecule has 118 valence electrons. The molecule has 4 nitrogen and oxygen atoms in total. The number of nitrogens with one attached hydrogen (secondary N) is 1. The van der Waals surface area contributed by atoms with Gasteiger partial charge >= 0.3 is 0 Å². The van der Waals surface area contributed by atoms with E-state index in [1.165, 1.54) is 6.08 Å². The Morgan fingerprint density at radius 2 is 2.22 bits per heavy atom. The number of ether oxygens (including phenoxy) is 1. The number of rotatable bonds is 8. The summed E-state index contributed by atoms with van der Waals surface area (Å²) in [5.74, 6) is 0.693. The number of aromatic nitrogens is 1. The molecule has 0 aliphatic heterocycles. The Labute approximate surface area is 136 Å². The Hall–Kier alpha value is -2.88. The van der Waals surface area contributed by atoms with Crippen molar-refractivity contribution in [2.75, 3.05) is 13.2 Å². The Balaban J connectivity index is 1.77. The highest BCUT2D eigenvalue weighted by atomic mass is 16.5. The van der Waals surface area contributed by atoms with Gasteiger partial charge in [0.1, 0.15) is 12.4 Å². The first-order chi connectivity index (χ1) is 11.3. The maximum atomic E-state index is 11.8. The van der Waals surface area contributed by atoms with Crippen LogP contribution in [0.3, 0.4) is 0 Å². The van der Waals surface area contributed by atoms with Crippen LogP contribution in [0.5, 0.6) is 5.75 Å². The fourth-order valence-electron chi connectivity index (χ4n) is 1.98. The number of pyridine rings is 1. The molecule has 0 saturated carbocycles. The lowest BCUT2D eigenvalue weighted by atomic mass is 10.1. The zero-order valence-electron chi connectivity index (χ0n) is 12.9. The second kappa shape index (κ2) is 9.20. The number of amides is 1. The first kappa shape index (κ1) is 16.5. The van der Waals surface area contributed by atoms with Gasteiger partial charge in [-0.1, -0.05) is 30.9 Å². The highest BCUT2D eigenvalue weighted by Crippen LogP contribution is 2.13. The van der Waals surface area contributed by atoms with E-state index in [2.05, 4.69) is 16.9 Å². The normalized spacial score (nSPS) is 10.4. The number of carbonyl (C=O) groups is 1. The van der Waals surface area contributed by atoms with Crippen LogP contribution in [0.1, 0.15) is 11.1 Å². The first-order valence-corrected chi connectivity index (χ1v) is 7.46. The Kier molecular flexibility index (Phi) is 6.60. The van der Waals surface area contributed by atoms with Gasteiger partial charge in [-0.05, 0) is 41.8 Å². The van der Waals surface area contributed by atoms with Crippen molar-refractivity contribution in [1.82, 2.24) is 10.3 Å². The molecular weight excluding hydrogens is 288 g/mol. The van der Waals surface area contributed by atoms with Gasteiger partial charge in [0, 0.05) is 25.0 Å². The lowest BCUT2D eigenvalue weighted by Crippen LogP contribution is -2.23. The van der Waals surface area contributed by atoms with Crippen LogP contribution >= 0.6 is 0 Å². The highest BCUT2D eigenvalue weighted by Gasteiger charge is 1.99. The Bertz CT molecular complexity index is 666. The average Bonchev–Trinajstić information content (AvgIpc) is 2.59. The minimum Gasteiger partial charge on any atom is -0.490 e. The molecule has 1 aromatic heterocycles. The van der Waals surface area contributed by atoms with Gasteiger partial charge in [-0.3, -0.25) is 9.78 Å². The SMILES string of the molecule is C=CCOc1cccc(CCNC(=O)C=Cc2cccnc2)c1. The lowest BCUT2D eigenvalue weighted by Gasteiger charge is -2.06. The lowest BCUT2D eigenvalue weighted by molar-refractivity contribution is -0.116. The molecule has 0 radical (unpaired) electrons. The third kappa shape index (κ3) is 6.18. The van der Waals surface area contributed by atoms with Gasteiger partial charge in [-0.25, -0.2) is 0 Å². The standard InChI is InChI=1S/C19H20N2O2/c1-2-13-23-18-7-3-5-16(14-18)10-12-21-19(22)9-8-17-6-4-11-20-15-17/h2-9,11,14-15H,1,10,12-13H2,(H,21,22). The van der Waals surface area contributed by atoms with Crippen molar-refractivity contribution in [3.05, 3.63) is 78.6 Å². The molecule has 0 unspecified atom stereocenters. The number of carbonyl (C=O) groups excluding carboxylic acids is 1. The van der Waals surface area contributed by atoms with Crippen LogP contribution in [0.15, 0.2) is 67.5 Å². The molecular formula is C19H20N2O2. The van der Waals surface area contributed by atoms with Crippen LogP contribution in [0, 0.1) is 0 Å². The van der Waals surface area contributed by atoms with Gasteiger partial charge in [0.15, 0.2) is 0 Å². The minimum atomic E-state index is -0.118. The molecule has 0 aliphatic rings. The molecule has 4 heteroatoms. The van der Waals surface area contributed by atoms with Gasteiger partial charge in [0.25, 0.3) is 0 Å². The molecule has 1 aromatic carbocycles. The molecule has 2 aromatic rings. The van der Waals surface area contributed by atoms with E-state index in [0.717, 1.165) is 23.3 Å². The third-order valence-corrected chi connectivity index (χ3v) is 3.09. The van der Waals surface area contributed by atoms with E-state index < -0.39 is 0 Å². The molecule has 2 rings (SSSR count). The quantitative estimate of drug-likeness (QED) is 0.602. The molecule has 1 amide bonds. The van der Waals surface area contributed by atoms with Crippen LogP contribution in [-0.4, -0.2) is 24.0 Å². The van der Waals surface area contributed by atoms with Crippen molar-refractivity contribution >= 4 is 12.0 Å². The molecule has 1 N–H and O–H groups in total. The van der Waals surface area contributed by atoms with Gasteiger partial charge in [-0.15, -0.1) is 0 Å². The summed E-state index contributed by atoms with van der Waals surface area (Å²) >= 11 is 0. The predicted molar refractivity (Wildman–Crippen MR) is 92.1 cm³/mol. The molecule has 0 fully saturated rings. The minimum absolute atomic E-state index is 0.118. The molecule has 0 spiro atoms. The zero-order valence-corrected chi connectivity index (χ0v) is 12.9. The number of hydrogen-bond donors (Lipinski definition) is 1. The molecule has 0 aliphatic carbocycles. The third-order valence-electron chi connectivity index (χ3n) is 3.09. The van der Waals surface area contributed by atoms with E-state index in [4.69, 9.17) is 4.74 Å². The van der Waals surface area contributed by atoms with Crippen LogP contribution in [0.25, 0.3) is 6.08 Å². The molecule has 0 saturated heterocycles. The maximum Gasteiger partial charge on any atom is 0.244 e. The van der Waals surface area contributed by atoms with Crippen molar-refractivity contribution in [3.63, 3.8) is 0 Å². The number of hydrogen-bond acceptors (Lipinski definition) is 3. The average molecular weight is 308 g/mol. The highest BCUT2D eigenvalue weighted by molar-refractivity contribution is 5.91. The second-order valence-corrected chi connectivity index (χ2v) is 4.91. The maximum absolute atomic E-state index is 11.8. The number of nitrogens with zero attached hydrogens (tertiary/aromatic N) is 1. The fourth-order valence-corrected chi connectivity index (χ4v) is 1.98. The van der Waals surface area contributed by atoms with E-state index in [-0.39, 0.29) is 5.91 Å². The zero-order chi connectivity index (χ0) is 16.3. The van der Waals surface area contributed by atoms with Gasteiger partial charge in [0.2, 0.25) is 5.91 Å². The second-order valence-electron chi connectivity index (χ2n) is 4.91. The van der Waals surface area contributed by atoms with Crippen LogP contribution in [0.4, 0.5) is 0 Å². The summed E-state index contributed by atoms with van der Waals surface area (Å²) < 4.78 is 5.49. The molecule has 23 heavy (non-hydrogen) atoms. The first-order valence-electron chi connectivity index (χ1n) is 7.46.